The van der Waals surface area contributed by atoms with E-state index in [4.69, 9.17) is 9.97 Å². The van der Waals surface area contributed by atoms with Crippen LogP contribution < -0.4 is 4.90 Å². The number of benzene rings is 7. The first-order valence-electron chi connectivity index (χ1n) is 20.9. The lowest BCUT2D eigenvalue weighted by molar-refractivity contribution is 0.597. The van der Waals surface area contributed by atoms with Crippen LogP contribution in [0, 0.1) is 0 Å². The summed E-state index contributed by atoms with van der Waals surface area (Å²) in [7, 11) is 0. The largest absolute Gasteiger partial charge is 0.310 e. The molecule has 1 aliphatic heterocycles. The molecule has 2 aromatic heterocycles. The van der Waals surface area contributed by atoms with Crippen molar-refractivity contribution in [2.24, 2.45) is 0 Å². The Bertz CT molecular complexity index is 3210. The Morgan fingerprint density at radius 1 is 0.627 bits per heavy atom. The average molecular weight is 759 g/mol. The summed E-state index contributed by atoms with van der Waals surface area (Å²) in [6.45, 7) is 4.77. The van der Waals surface area contributed by atoms with Crippen LogP contribution >= 0.6 is 0 Å². The van der Waals surface area contributed by atoms with Crippen LogP contribution in [0.3, 0.4) is 0 Å². The fourth-order valence-corrected chi connectivity index (χ4v) is 10.5. The van der Waals surface area contributed by atoms with Crippen LogP contribution in [0.4, 0.5) is 11.4 Å². The SMILES string of the molecule is CC1(C)C2=CCC(c3cccc4c5c6ccccc6ccc5n(-c5nc(-c6ccccc6)c6c(n5)-c5ccccc5CC6)c34)C=C2N(c2ccccc2)c2ccccc21. The average Bonchev–Trinajstić information content (AvgIpc) is 3.64. The van der Waals surface area contributed by atoms with Crippen LogP contribution in [0.1, 0.15) is 48.4 Å². The van der Waals surface area contributed by atoms with E-state index in [9.17, 15) is 0 Å². The number of para-hydroxylation sites is 3. The lowest BCUT2D eigenvalue weighted by atomic mass is 9.69. The molecule has 12 rings (SSSR count). The Balaban J connectivity index is 1.15. The summed E-state index contributed by atoms with van der Waals surface area (Å²) in [6.07, 6.45) is 7.84. The van der Waals surface area contributed by atoms with Gasteiger partial charge in [-0.3, -0.25) is 4.57 Å². The fraction of sp³-hybridized carbons (Fsp3) is 0.127. The highest BCUT2D eigenvalue weighted by molar-refractivity contribution is 6.21. The van der Waals surface area contributed by atoms with Crippen molar-refractivity contribution in [2.75, 3.05) is 4.90 Å². The second-order valence-electron chi connectivity index (χ2n) is 16.8. The molecule has 0 N–H and O–H groups in total. The highest BCUT2D eigenvalue weighted by Crippen LogP contribution is 2.54. The van der Waals surface area contributed by atoms with E-state index in [1.807, 2.05) is 0 Å². The molecule has 59 heavy (non-hydrogen) atoms. The molecule has 0 saturated heterocycles. The predicted molar refractivity (Wildman–Crippen MR) is 244 cm³/mol. The molecular weight excluding hydrogens is 717 g/mol. The van der Waals surface area contributed by atoms with Crippen molar-refractivity contribution >= 4 is 44.0 Å². The second-order valence-corrected chi connectivity index (χ2v) is 16.8. The van der Waals surface area contributed by atoms with E-state index >= 15 is 0 Å². The number of fused-ring (bicyclic) bond motifs is 10. The molecule has 0 bridgehead atoms. The summed E-state index contributed by atoms with van der Waals surface area (Å²) in [5.74, 6) is 0.811. The first kappa shape index (κ1) is 34.0. The van der Waals surface area contributed by atoms with E-state index in [0.717, 1.165) is 41.7 Å². The number of rotatable bonds is 4. The molecule has 7 aromatic carbocycles. The van der Waals surface area contributed by atoms with Crippen molar-refractivity contribution in [3.8, 4) is 28.5 Å². The maximum absolute atomic E-state index is 5.63. The monoisotopic (exact) mass is 758 g/mol. The van der Waals surface area contributed by atoms with Gasteiger partial charge < -0.3 is 4.90 Å². The highest BCUT2D eigenvalue weighted by atomic mass is 15.2. The normalized spacial score (nSPS) is 16.6. The third-order valence-electron chi connectivity index (χ3n) is 13.2. The maximum Gasteiger partial charge on any atom is 0.235 e. The molecule has 1 atom stereocenters. The summed E-state index contributed by atoms with van der Waals surface area (Å²) in [5, 5.41) is 4.92. The molecule has 9 aromatic rings. The van der Waals surface area contributed by atoms with Crippen molar-refractivity contribution in [1.29, 1.82) is 0 Å². The van der Waals surface area contributed by atoms with Gasteiger partial charge in [-0.2, -0.15) is 0 Å². The van der Waals surface area contributed by atoms with Crippen molar-refractivity contribution in [3.63, 3.8) is 0 Å². The second kappa shape index (κ2) is 13.0. The fourth-order valence-electron chi connectivity index (χ4n) is 10.5. The number of allylic oxidation sites excluding steroid dienone is 3. The van der Waals surface area contributed by atoms with Gasteiger partial charge in [0.15, 0.2) is 0 Å². The lowest BCUT2D eigenvalue weighted by Crippen LogP contribution is -2.36. The summed E-state index contributed by atoms with van der Waals surface area (Å²) in [4.78, 5) is 13.7. The summed E-state index contributed by atoms with van der Waals surface area (Å²) >= 11 is 0. The number of nitrogens with zero attached hydrogens (tertiary/aromatic N) is 4. The molecule has 3 aliphatic rings. The lowest BCUT2D eigenvalue weighted by Gasteiger charge is -2.46. The van der Waals surface area contributed by atoms with E-state index in [2.05, 4.69) is 199 Å². The topological polar surface area (TPSA) is 34.0 Å². The quantitative estimate of drug-likeness (QED) is 0.179. The number of aryl methyl sites for hydroxylation is 1. The van der Waals surface area contributed by atoms with E-state index in [0.29, 0.717) is 5.95 Å². The molecule has 4 heteroatoms. The van der Waals surface area contributed by atoms with E-state index in [-0.39, 0.29) is 11.3 Å². The van der Waals surface area contributed by atoms with Crippen molar-refractivity contribution in [3.05, 3.63) is 209 Å². The van der Waals surface area contributed by atoms with Crippen molar-refractivity contribution < 1.29 is 0 Å². The Morgan fingerprint density at radius 3 is 2.24 bits per heavy atom. The van der Waals surface area contributed by atoms with Crippen LogP contribution in [0.15, 0.2) is 187 Å². The maximum atomic E-state index is 5.63. The standard InChI is InChI=1S/C55H42N4/c1-55(2)45-26-13-14-27-47(45)58(39-20-7-4-8-21-39)49-34-38(29-32-46(49)55)42-24-15-25-43-50-40-22-11-9-16-35(40)30-33-48(50)59(53(42)43)54-56-51(37-18-5-3-6-19-37)44-31-28-36-17-10-12-23-41(36)52(44)57-54/h3-27,30,32-34,38H,28-29,31H2,1-2H3. The van der Waals surface area contributed by atoms with Gasteiger partial charge in [-0.05, 0) is 76.6 Å². The number of hydrogen-bond donors (Lipinski definition) is 0. The van der Waals surface area contributed by atoms with Gasteiger partial charge in [-0.15, -0.1) is 0 Å². The Hall–Kier alpha value is -7.04. The minimum Gasteiger partial charge on any atom is -0.310 e. The predicted octanol–water partition coefficient (Wildman–Crippen LogP) is 13.6. The van der Waals surface area contributed by atoms with E-state index in [1.54, 1.807) is 0 Å². The first-order chi connectivity index (χ1) is 29.0. The number of hydrogen-bond acceptors (Lipinski definition) is 3. The van der Waals surface area contributed by atoms with Crippen LogP contribution in [0.2, 0.25) is 0 Å². The molecule has 3 heterocycles. The highest BCUT2D eigenvalue weighted by Gasteiger charge is 2.41. The van der Waals surface area contributed by atoms with Gasteiger partial charge in [-0.25, -0.2) is 9.97 Å². The molecule has 4 nitrogen and oxygen atoms in total. The van der Waals surface area contributed by atoms with Gasteiger partial charge in [0, 0.05) is 50.2 Å². The summed E-state index contributed by atoms with van der Waals surface area (Å²) in [6, 6.07) is 59.5. The van der Waals surface area contributed by atoms with Crippen LogP contribution in [-0.2, 0) is 18.3 Å². The molecule has 2 aliphatic carbocycles. The van der Waals surface area contributed by atoms with Gasteiger partial charge >= 0.3 is 0 Å². The minimum atomic E-state index is -0.153. The first-order valence-corrected chi connectivity index (χ1v) is 20.9. The van der Waals surface area contributed by atoms with Gasteiger partial charge in [0.2, 0.25) is 5.95 Å². The number of anilines is 2. The Kier molecular flexibility index (Phi) is 7.49. The van der Waals surface area contributed by atoms with Crippen molar-refractivity contribution in [1.82, 2.24) is 14.5 Å². The Labute approximate surface area is 344 Å². The van der Waals surface area contributed by atoms with Crippen LogP contribution in [0.5, 0.6) is 0 Å². The van der Waals surface area contributed by atoms with Gasteiger partial charge in [0.05, 0.1) is 28.1 Å². The van der Waals surface area contributed by atoms with E-state index < -0.39 is 0 Å². The minimum absolute atomic E-state index is 0.103. The van der Waals surface area contributed by atoms with Gasteiger partial charge in [0.1, 0.15) is 0 Å². The smallest absolute Gasteiger partial charge is 0.235 e. The van der Waals surface area contributed by atoms with Crippen LogP contribution in [0.25, 0.3) is 61.0 Å². The molecular formula is C55H42N4. The molecule has 282 valence electrons. The number of aromatic nitrogens is 3. The third-order valence-corrected chi connectivity index (χ3v) is 13.2. The Morgan fingerprint density at radius 2 is 1.36 bits per heavy atom. The van der Waals surface area contributed by atoms with Gasteiger partial charge in [-0.1, -0.05) is 166 Å². The zero-order valence-electron chi connectivity index (χ0n) is 33.2. The molecule has 1 unspecified atom stereocenters. The molecule has 0 saturated carbocycles. The van der Waals surface area contributed by atoms with Gasteiger partial charge in [0.25, 0.3) is 0 Å². The zero-order chi connectivity index (χ0) is 39.2. The summed E-state index contributed by atoms with van der Waals surface area (Å²) < 4.78 is 2.39. The van der Waals surface area contributed by atoms with Crippen molar-refractivity contribution in [2.45, 2.75) is 44.4 Å². The van der Waals surface area contributed by atoms with Crippen LogP contribution in [-0.4, -0.2) is 14.5 Å². The third kappa shape index (κ3) is 5.09. The molecule has 0 radical (unpaired) electrons. The molecule has 0 spiro atoms. The zero-order valence-corrected chi connectivity index (χ0v) is 33.2. The van der Waals surface area contributed by atoms with E-state index in [1.165, 1.54) is 77.5 Å². The molecule has 0 amide bonds. The summed E-state index contributed by atoms with van der Waals surface area (Å²) in [5.41, 5.74) is 16.7. The molecule has 0 fully saturated rings.